The van der Waals surface area contributed by atoms with E-state index in [2.05, 4.69) is 52.8 Å². The predicted octanol–water partition coefficient (Wildman–Crippen LogP) is 5.56. The largest absolute Gasteiger partial charge is 0.0683 e. The zero-order chi connectivity index (χ0) is 13.0. The lowest BCUT2D eigenvalue weighted by atomic mass is 9.99. The number of aryl methyl sites for hydroxylation is 2. The van der Waals surface area contributed by atoms with Gasteiger partial charge in [0.15, 0.2) is 0 Å². The van der Waals surface area contributed by atoms with Crippen molar-refractivity contribution < 1.29 is 0 Å². The van der Waals surface area contributed by atoms with Crippen molar-refractivity contribution in [1.82, 2.24) is 0 Å². The Morgan fingerprint density at radius 3 is 1.38 bits per heavy atom. The molecule has 16 heavy (non-hydrogen) atoms. The van der Waals surface area contributed by atoms with Crippen LogP contribution in [-0.2, 0) is 12.8 Å². The van der Waals surface area contributed by atoms with Gasteiger partial charge in [-0.3, -0.25) is 0 Å². The summed E-state index contributed by atoms with van der Waals surface area (Å²) in [5.74, 6) is 0. The van der Waals surface area contributed by atoms with Crippen molar-refractivity contribution in [3.05, 3.63) is 34.9 Å². The molecule has 0 atom stereocenters. The molecule has 0 radical (unpaired) electrons. The van der Waals surface area contributed by atoms with E-state index in [-0.39, 0.29) is 0 Å². The van der Waals surface area contributed by atoms with Crippen molar-refractivity contribution in [3.8, 4) is 0 Å². The van der Waals surface area contributed by atoms with Crippen molar-refractivity contribution in [2.24, 2.45) is 0 Å². The summed E-state index contributed by atoms with van der Waals surface area (Å²) in [6.45, 7) is 14.9. The first-order valence-electron chi connectivity index (χ1n) is 6.78. The summed E-state index contributed by atoms with van der Waals surface area (Å²) >= 11 is 0. The predicted molar refractivity (Wildman–Crippen MR) is 77.2 cm³/mol. The van der Waals surface area contributed by atoms with Crippen molar-refractivity contribution in [2.45, 2.75) is 67.7 Å². The van der Waals surface area contributed by atoms with Crippen LogP contribution < -0.4 is 0 Å². The molecule has 0 heteroatoms. The van der Waals surface area contributed by atoms with Crippen molar-refractivity contribution in [1.29, 1.82) is 0 Å². The highest BCUT2D eigenvalue weighted by molar-refractivity contribution is 5.33. The van der Waals surface area contributed by atoms with Crippen LogP contribution in [0.5, 0.6) is 0 Å². The van der Waals surface area contributed by atoms with Crippen LogP contribution in [0.2, 0.25) is 0 Å². The fraction of sp³-hybridized carbons (Fsp3) is 0.625. The van der Waals surface area contributed by atoms with E-state index < -0.39 is 0 Å². The molecular weight excluding hydrogens is 192 g/mol. The molecule has 0 aliphatic heterocycles. The van der Waals surface area contributed by atoms with Gasteiger partial charge in [0.25, 0.3) is 0 Å². The summed E-state index contributed by atoms with van der Waals surface area (Å²) in [5, 5.41) is 0. The Hall–Kier alpha value is -0.780. The van der Waals surface area contributed by atoms with Crippen LogP contribution in [0.25, 0.3) is 0 Å². The molecule has 0 amide bonds. The van der Waals surface area contributed by atoms with Gasteiger partial charge in [0.1, 0.15) is 0 Å². The topological polar surface area (TPSA) is 0 Å². The van der Waals surface area contributed by atoms with Crippen molar-refractivity contribution in [2.75, 3.05) is 0 Å². The van der Waals surface area contributed by atoms with E-state index in [9.17, 15) is 0 Å². The molecule has 0 aliphatic carbocycles. The zero-order valence-electron chi connectivity index (χ0n) is 12.4. The Balaban J connectivity index is 0. The van der Waals surface area contributed by atoms with Gasteiger partial charge in [0, 0.05) is 0 Å². The molecule has 94 valence electrons. The van der Waals surface area contributed by atoms with Gasteiger partial charge in [-0.1, -0.05) is 66.2 Å². The fourth-order valence-electron chi connectivity index (χ4n) is 1.50. The molecule has 0 heterocycles. The van der Waals surface area contributed by atoms with Crippen molar-refractivity contribution in [3.63, 3.8) is 0 Å². The highest BCUT2D eigenvalue weighted by atomic mass is 14.0. The molecule has 0 saturated carbocycles. The minimum atomic E-state index is 1.15. The van der Waals surface area contributed by atoms with E-state index in [0.29, 0.717) is 0 Å². The molecule has 0 nitrogen and oxygen atoms in total. The Labute approximate surface area is 103 Å². The van der Waals surface area contributed by atoms with Gasteiger partial charge < -0.3 is 0 Å². The Morgan fingerprint density at radius 1 is 0.812 bits per heavy atom. The fourth-order valence-corrected chi connectivity index (χ4v) is 1.50. The van der Waals surface area contributed by atoms with Gasteiger partial charge in [0.05, 0.1) is 0 Å². The van der Waals surface area contributed by atoms with Crippen LogP contribution in [0.4, 0.5) is 0 Å². The first-order chi connectivity index (χ1) is 7.71. The van der Waals surface area contributed by atoms with Crippen LogP contribution in [0.1, 0.15) is 64.7 Å². The second-order valence-corrected chi connectivity index (χ2v) is 3.62. The van der Waals surface area contributed by atoms with E-state index >= 15 is 0 Å². The van der Waals surface area contributed by atoms with E-state index in [4.69, 9.17) is 0 Å². The molecule has 1 aromatic rings. The normalized spacial score (nSPS) is 8.44. The van der Waals surface area contributed by atoms with Crippen LogP contribution >= 0.6 is 0 Å². The van der Waals surface area contributed by atoms with Gasteiger partial charge in [-0.2, -0.15) is 0 Å². The van der Waals surface area contributed by atoms with Crippen LogP contribution in [-0.4, -0.2) is 0 Å². The molecule has 0 aromatic heterocycles. The molecule has 0 N–H and O–H groups in total. The minimum Gasteiger partial charge on any atom is -0.0683 e. The third kappa shape index (κ3) is 6.66. The van der Waals surface area contributed by atoms with E-state index in [1.807, 2.05) is 13.8 Å². The summed E-state index contributed by atoms with van der Waals surface area (Å²) in [5.41, 5.74) is 4.46. The van der Waals surface area contributed by atoms with Crippen LogP contribution in [0, 0.1) is 6.92 Å². The lowest BCUT2D eigenvalue weighted by Gasteiger charge is -2.06. The number of benzene rings is 1. The number of hydrogen-bond acceptors (Lipinski definition) is 0. The summed E-state index contributed by atoms with van der Waals surface area (Å²) < 4.78 is 0. The molecule has 0 bridgehead atoms. The highest BCUT2D eigenvalue weighted by Gasteiger charge is 1.98. The maximum absolute atomic E-state index is 2.22. The van der Waals surface area contributed by atoms with Gasteiger partial charge in [-0.05, 0) is 36.5 Å². The summed E-state index contributed by atoms with van der Waals surface area (Å²) in [6, 6.07) is 6.59. The lowest BCUT2D eigenvalue weighted by Crippen LogP contribution is -1.91. The van der Waals surface area contributed by atoms with Gasteiger partial charge >= 0.3 is 0 Å². The van der Waals surface area contributed by atoms with E-state index in [1.165, 1.54) is 23.1 Å². The van der Waals surface area contributed by atoms with Crippen LogP contribution in [0.15, 0.2) is 18.2 Å². The van der Waals surface area contributed by atoms with Gasteiger partial charge in [-0.15, -0.1) is 0 Å². The van der Waals surface area contributed by atoms with Crippen LogP contribution in [0.3, 0.4) is 0 Å². The third-order valence-corrected chi connectivity index (χ3v) is 2.32. The van der Waals surface area contributed by atoms with E-state index in [1.54, 1.807) is 0 Å². The maximum Gasteiger partial charge on any atom is -0.0305 e. The monoisotopic (exact) mass is 222 g/mol. The SMILES string of the molecule is CC.CCC.CCc1cccc(CC)c1C. The first-order valence-corrected chi connectivity index (χ1v) is 6.78. The average molecular weight is 222 g/mol. The first kappa shape index (κ1) is 17.6. The smallest absolute Gasteiger partial charge is 0.0305 e. The quantitative estimate of drug-likeness (QED) is 0.614. The zero-order valence-corrected chi connectivity index (χ0v) is 12.4. The molecule has 1 rings (SSSR count). The Morgan fingerprint density at radius 2 is 1.12 bits per heavy atom. The summed E-state index contributed by atoms with van der Waals surface area (Å²) in [7, 11) is 0. The second kappa shape index (κ2) is 12.3. The standard InChI is InChI=1S/C11H16.C3H8.C2H6/c1-4-10-7-6-8-11(5-2)9(10)3;1-3-2;1-2/h6-8H,4-5H2,1-3H3;3H2,1-2H3;1-2H3. The molecule has 0 fully saturated rings. The van der Waals surface area contributed by atoms with Crippen molar-refractivity contribution >= 4 is 0 Å². The molecule has 0 unspecified atom stereocenters. The second-order valence-electron chi connectivity index (χ2n) is 3.62. The summed E-state index contributed by atoms with van der Waals surface area (Å²) in [4.78, 5) is 0. The minimum absolute atomic E-state index is 1.15. The maximum atomic E-state index is 2.22. The lowest BCUT2D eigenvalue weighted by molar-refractivity contribution is 1.05. The summed E-state index contributed by atoms with van der Waals surface area (Å²) in [6.07, 6.45) is 3.55. The Kier molecular flexibility index (Phi) is 13.5. The molecule has 0 spiro atoms. The highest BCUT2D eigenvalue weighted by Crippen LogP contribution is 2.14. The average Bonchev–Trinajstić information content (AvgIpc) is 2.33. The van der Waals surface area contributed by atoms with Gasteiger partial charge in [0.2, 0.25) is 0 Å². The number of rotatable bonds is 2. The Bertz CT molecular complexity index is 226. The molecular formula is C16H30. The van der Waals surface area contributed by atoms with E-state index in [0.717, 1.165) is 12.8 Å². The van der Waals surface area contributed by atoms with Gasteiger partial charge in [-0.25, -0.2) is 0 Å². The molecule has 1 aromatic carbocycles. The third-order valence-electron chi connectivity index (χ3n) is 2.32. The number of hydrogen-bond donors (Lipinski definition) is 0. The molecule has 0 saturated heterocycles. The molecule has 0 aliphatic rings.